The van der Waals surface area contributed by atoms with Crippen molar-refractivity contribution in [2.24, 2.45) is 5.73 Å². The number of nitrogens with one attached hydrogen (secondary N) is 4. The number of nitrogens with zero attached hydrogens (tertiary/aromatic N) is 1. The third-order valence-electron chi connectivity index (χ3n) is 10.9. The highest BCUT2D eigenvalue weighted by Gasteiger charge is 2.50. The Bertz CT molecular complexity index is 2390. The number of carboxylic acids is 1. The third kappa shape index (κ3) is 11.3. The van der Waals surface area contributed by atoms with E-state index in [4.69, 9.17) is 22.4 Å². The van der Waals surface area contributed by atoms with Gasteiger partial charge in [-0.1, -0.05) is 48.0 Å². The van der Waals surface area contributed by atoms with Crippen LogP contribution >= 0.6 is 11.6 Å². The van der Waals surface area contributed by atoms with Gasteiger partial charge >= 0.3 is 11.9 Å². The molecule has 5 rings (SSSR count). The molecule has 1 aliphatic heterocycles. The van der Waals surface area contributed by atoms with Crippen molar-refractivity contribution in [3.63, 3.8) is 0 Å². The zero-order valence-electron chi connectivity index (χ0n) is 35.0. The van der Waals surface area contributed by atoms with Crippen LogP contribution in [-0.2, 0) is 30.4 Å². The van der Waals surface area contributed by atoms with Crippen LogP contribution in [0.1, 0.15) is 60.6 Å². The Kier molecular flexibility index (Phi) is 15.7. The fourth-order valence-electron chi connectivity index (χ4n) is 7.18. The number of carbonyl (C=O) groups is 6. The van der Waals surface area contributed by atoms with Crippen LogP contribution in [0, 0.1) is 0 Å². The number of hydrogen-bond acceptors (Lipinski definition) is 10. The number of aliphatic hydroxyl groups is 1. The summed E-state index contributed by atoms with van der Waals surface area (Å²) in [5, 5.41) is 51.5. The van der Waals surface area contributed by atoms with Crippen molar-refractivity contribution in [2.45, 2.75) is 81.8 Å². The van der Waals surface area contributed by atoms with Crippen molar-refractivity contribution in [3.05, 3.63) is 107 Å². The Morgan fingerprint density at radius 2 is 1.47 bits per heavy atom. The summed E-state index contributed by atoms with van der Waals surface area (Å²) in [7, 11) is 1.32. The van der Waals surface area contributed by atoms with Crippen molar-refractivity contribution >= 4 is 47.1 Å². The lowest BCUT2D eigenvalue weighted by molar-refractivity contribution is -0.185. The van der Waals surface area contributed by atoms with Crippen molar-refractivity contribution in [1.82, 2.24) is 26.2 Å². The number of aromatic hydroxyl groups is 2. The average molecular weight is 907 g/mol. The summed E-state index contributed by atoms with van der Waals surface area (Å²) in [4.78, 5) is 82.0. The summed E-state index contributed by atoms with van der Waals surface area (Å²) < 4.78 is 28.3. The summed E-state index contributed by atoms with van der Waals surface area (Å²) >= 11 is 6.03. The number of phenolic OH excluding ortho intramolecular Hbond substituents is 2. The normalized spacial score (nSPS) is 18.0. The number of aliphatic hydroxyl groups excluding tert-OH is 1. The van der Waals surface area contributed by atoms with Gasteiger partial charge in [-0.2, -0.15) is 8.78 Å². The van der Waals surface area contributed by atoms with Gasteiger partial charge in [0, 0.05) is 35.2 Å². The molecule has 340 valence electrons. The van der Waals surface area contributed by atoms with Gasteiger partial charge in [0.1, 0.15) is 41.8 Å². The summed E-state index contributed by atoms with van der Waals surface area (Å²) in [6.07, 6.45) is -2.18. The number of carbonyl (C=O) groups excluding carboxylic acids is 5. The maximum atomic E-state index is 14.5. The minimum absolute atomic E-state index is 0.000189. The van der Waals surface area contributed by atoms with E-state index in [1.54, 1.807) is 36.4 Å². The third-order valence-corrected chi connectivity index (χ3v) is 11.1. The molecule has 1 heterocycles. The van der Waals surface area contributed by atoms with Gasteiger partial charge in [0.2, 0.25) is 23.6 Å². The van der Waals surface area contributed by atoms with Crippen molar-refractivity contribution in [3.8, 4) is 33.8 Å². The van der Waals surface area contributed by atoms with E-state index in [-0.39, 0.29) is 52.2 Å². The van der Waals surface area contributed by atoms with Gasteiger partial charge in [0.15, 0.2) is 0 Å². The Morgan fingerprint density at radius 3 is 2.08 bits per heavy atom. The van der Waals surface area contributed by atoms with Gasteiger partial charge in [0.25, 0.3) is 5.91 Å². The molecule has 1 unspecified atom stereocenters. The van der Waals surface area contributed by atoms with Crippen LogP contribution in [0.3, 0.4) is 0 Å². The SMILES string of the molecule is C[C@@H]1NC(=O)[C@@H](N(C)C(=O)[C@H](CCCCN)NC(=O)c2ccc(-c3ccc(Cl)cc3)cc2)c2ccc(O)c(c2)-c2cc(ccc2O)C[C@@H](C(=O)N[C@@H](C)C(O)C(F)(F)C(=O)O)NC1=O. The van der Waals surface area contributed by atoms with Gasteiger partial charge in [0.05, 0.1) is 6.04 Å². The molecular formula is C45H49ClF2N6O10. The molecule has 6 atom stereocenters. The van der Waals surface area contributed by atoms with Crippen LogP contribution in [0.2, 0.25) is 5.02 Å². The molecule has 0 spiro atoms. The lowest BCUT2D eigenvalue weighted by Gasteiger charge is -2.32. The van der Waals surface area contributed by atoms with Gasteiger partial charge in [-0.15, -0.1) is 0 Å². The average Bonchev–Trinajstić information content (AvgIpc) is 3.26. The van der Waals surface area contributed by atoms with Crippen LogP contribution < -0.4 is 27.0 Å². The Labute approximate surface area is 371 Å². The van der Waals surface area contributed by atoms with Crippen molar-refractivity contribution in [2.75, 3.05) is 13.6 Å². The van der Waals surface area contributed by atoms with Gasteiger partial charge in [-0.3, -0.25) is 24.0 Å². The molecule has 4 aromatic rings. The number of aliphatic carboxylic acids is 1. The number of fused-ring (bicyclic) bond motifs is 5. The van der Waals surface area contributed by atoms with Gasteiger partial charge < -0.3 is 52.3 Å². The number of hydrogen-bond donors (Lipinski definition) is 9. The number of unbranched alkanes of at least 4 members (excludes halogenated alkanes) is 1. The van der Waals surface area contributed by atoms with E-state index in [1.807, 2.05) is 12.1 Å². The second-order valence-corrected chi connectivity index (χ2v) is 16.0. The fraction of sp³-hybridized carbons (Fsp3) is 0.333. The van der Waals surface area contributed by atoms with E-state index >= 15 is 0 Å². The summed E-state index contributed by atoms with van der Waals surface area (Å²) in [6, 6.07) is 14.2. The quantitative estimate of drug-likeness (QED) is 0.0826. The van der Waals surface area contributed by atoms with Crippen molar-refractivity contribution < 1.29 is 58.0 Å². The van der Waals surface area contributed by atoms with Crippen molar-refractivity contribution in [1.29, 1.82) is 0 Å². The second-order valence-electron chi connectivity index (χ2n) is 15.5. The molecule has 0 radical (unpaired) electrons. The van der Waals surface area contributed by atoms with Crippen LogP contribution in [0.25, 0.3) is 22.3 Å². The zero-order valence-corrected chi connectivity index (χ0v) is 35.7. The minimum Gasteiger partial charge on any atom is -0.507 e. The summed E-state index contributed by atoms with van der Waals surface area (Å²) in [6.45, 7) is 2.52. The van der Waals surface area contributed by atoms with Crippen LogP contribution in [0.5, 0.6) is 11.5 Å². The molecule has 0 fully saturated rings. The topological polar surface area (TPSA) is 261 Å². The molecule has 0 saturated heterocycles. The number of alkyl halides is 2. The fourth-order valence-corrected chi connectivity index (χ4v) is 7.31. The minimum atomic E-state index is -4.65. The van der Waals surface area contributed by atoms with E-state index < -0.39 is 77.7 Å². The van der Waals surface area contributed by atoms with E-state index in [2.05, 4.69) is 21.3 Å². The highest BCUT2D eigenvalue weighted by molar-refractivity contribution is 6.30. The molecule has 4 aromatic carbocycles. The maximum Gasteiger partial charge on any atom is 0.377 e. The first-order valence-corrected chi connectivity index (χ1v) is 20.6. The van der Waals surface area contributed by atoms with Crippen LogP contribution in [0.4, 0.5) is 8.78 Å². The summed E-state index contributed by atoms with van der Waals surface area (Å²) in [5.74, 6) is -12.2. The molecule has 4 bridgehead atoms. The number of rotatable bonds is 14. The number of benzene rings is 4. The first-order valence-electron chi connectivity index (χ1n) is 20.2. The Hall–Kier alpha value is -6.63. The monoisotopic (exact) mass is 906 g/mol. The first-order chi connectivity index (χ1) is 30.2. The molecule has 16 nitrogen and oxygen atoms in total. The smallest absolute Gasteiger partial charge is 0.377 e. The molecule has 1 aliphatic rings. The first kappa shape index (κ1) is 48.4. The lowest BCUT2D eigenvalue weighted by atomic mass is 9.93. The summed E-state index contributed by atoms with van der Waals surface area (Å²) in [5.41, 5.74) is 8.06. The van der Waals surface area contributed by atoms with Gasteiger partial charge in [-0.25, -0.2) is 4.79 Å². The van der Waals surface area contributed by atoms with E-state index in [0.717, 1.165) is 23.0 Å². The van der Waals surface area contributed by atoms with E-state index in [9.17, 15) is 52.9 Å². The molecule has 0 aromatic heterocycles. The maximum absolute atomic E-state index is 14.5. The highest BCUT2D eigenvalue weighted by atomic mass is 35.5. The van der Waals surface area contributed by atoms with E-state index in [0.29, 0.717) is 24.4 Å². The predicted octanol–water partition coefficient (Wildman–Crippen LogP) is 3.64. The number of phenols is 2. The molecule has 64 heavy (non-hydrogen) atoms. The zero-order chi connectivity index (χ0) is 47.0. The van der Waals surface area contributed by atoms with Gasteiger partial charge in [-0.05, 0) is 110 Å². The predicted molar refractivity (Wildman–Crippen MR) is 231 cm³/mol. The lowest BCUT2D eigenvalue weighted by Crippen LogP contribution is -2.59. The van der Waals surface area contributed by atoms with Crippen LogP contribution in [-0.4, -0.2) is 111 Å². The molecule has 10 N–H and O–H groups in total. The number of likely N-dealkylation sites (N-methyl/N-ethyl adjacent to an activating group) is 1. The number of amides is 5. The standard InChI is InChI=1S/C45H49ClF2N6O10/c1-23(38(57)45(47,48)44(63)64)50-41(60)34-21-25-7-17-35(55)31(20-25)32-22-29(14-18-36(32)56)37(42(61)51-24(2)39(58)53-34)54(3)43(62)33(6-4-5-19-49)52-40(59)28-10-8-26(9-11-28)27-12-15-30(46)16-13-27/h7-18,20,22-24,33-34,37-38,55-57H,4-6,19,21,49H2,1-3H3,(H,50,60)(H,51,61)(H,52,59)(H,53,58)(H,63,64)/t23-,24-,33-,34-,37-,38?/m0/s1. The van der Waals surface area contributed by atoms with E-state index in [1.165, 1.54) is 50.4 Å². The molecule has 19 heteroatoms. The number of nitrogens with two attached hydrogens (primary N) is 1. The highest BCUT2D eigenvalue weighted by Crippen LogP contribution is 2.39. The van der Waals surface area contributed by atoms with Crippen LogP contribution in [0.15, 0.2) is 84.9 Å². The Balaban J connectivity index is 1.49. The number of carboxylic acid groups (broad SMARTS) is 1. The Morgan fingerprint density at radius 1 is 0.875 bits per heavy atom. The largest absolute Gasteiger partial charge is 0.507 e. The molecule has 0 saturated carbocycles. The molecular weight excluding hydrogens is 858 g/mol. The number of halogens is 3. The second kappa shape index (κ2) is 20.7. The molecule has 5 amide bonds. The molecule has 0 aliphatic carbocycles.